The topological polar surface area (TPSA) is 79.5 Å². The number of urea groups is 1. The van der Waals surface area contributed by atoms with Crippen LogP contribution in [0.25, 0.3) is 0 Å². The molecule has 1 aliphatic rings. The van der Waals surface area contributed by atoms with Crippen molar-refractivity contribution in [2.45, 2.75) is 12.2 Å². The first-order chi connectivity index (χ1) is 12.3. The lowest BCUT2D eigenvalue weighted by atomic mass is 10.1. The summed E-state index contributed by atoms with van der Waals surface area (Å²) in [5.41, 5.74) is -0.940. The fourth-order valence-electron chi connectivity index (χ4n) is 2.43. The quantitative estimate of drug-likeness (QED) is 0.765. The van der Waals surface area contributed by atoms with Crippen LogP contribution < -0.4 is 20.7 Å². The molecule has 0 spiro atoms. The van der Waals surface area contributed by atoms with Gasteiger partial charge in [0.2, 0.25) is 0 Å². The van der Waals surface area contributed by atoms with Crippen molar-refractivity contribution in [2.24, 2.45) is 0 Å². The third-order valence-corrected chi connectivity index (χ3v) is 3.65. The fourth-order valence-corrected chi connectivity index (χ4v) is 2.43. The second-order valence-corrected chi connectivity index (χ2v) is 5.49. The zero-order valence-corrected chi connectivity index (χ0v) is 13.3. The Labute approximate surface area is 146 Å². The maximum absolute atomic E-state index is 13.0. The molecule has 0 fully saturated rings. The standard InChI is InChI=1S/C17H14F3N3O3/c18-17(19,20)10-5-1-2-6-11(10)22-16(25)23-13-9-26-14-8-4-3-7-12(14)21-15(13)24/h1-8,13H,9H2,(H,21,24)(H2,22,23,25)/t13-/m1/s1. The lowest BCUT2D eigenvalue weighted by Gasteiger charge is -2.17. The van der Waals surface area contributed by atoms with Crippen molar-refractivity contribution in [3.63, 3.8) is 0 Å². The van der Waals surface area contributed by atoms with E-state index in [1.165, 1.54) is 12.1 Å². The molecule has 3 amide bonds. The summed E-state index contributed by atoms with van der Waals surface area (Å²) in [6.07, 6.45) is -4.62. The maximum atomic E-state index is 13.0. The summed E-state index contributed by atoms with van der Waals surface area (Å²) >= 11 is 0. The molecule has 0 bridgehead atoms. The zero-order valence-electron chi connectivity index (χ0n) is 13.3. The molecule has 6 nitrogen and oxygen atoms in total. The molecule has 0 unspecified atom stereocenters. The molecular formula is C17H14F3N3O3. The largest absolute Gasteiger partial charge is 0.489 e. The van der Waals surface area contributed by atoms with Gasteiger partial charge in [-0.2, -0.15) is 13.2 Å². The van der Waals surface area contributed by atoms with E-state index in [0.29, 0.717) is 11.4 Å². The Morgan fingerprint density at radius 3 is 2.58 bits per heavy atom. The summed E-state index contributed by atoms with van der Waals surface area (Å²) in [6.45, 7) is -0.156. The Hall–Kier alpha value is -3.23. The van der Waals surface area contributed by atoms with Gasteiger partial charge >= 0.3 is 12.2 Å². The van der Waals surface area contributed by atoms with Crippen LogP contribution in [-0.2, 0) is 11.0 Å². The summed E-state index contributed by atoms with van der Waals surface area (Å²) in [5, 5.41) is 7.03. The molecule has 3 N–H and O–H groups in total. The number of hydrogen-bond donors (Lipinski definition) is 3. The highest BCUT2D eigenvalue weighted by Crippen LogP contribution is 2.34. The van der Waals surface area contributed by atoms with Gasteiger partial charge in [-0.3, -0.25) is 4.79 Å². The smallest absolute Gasteiger partial charge is 0.418 e. The van der Waals surface area contributed by atoms with Gasteiger partial charge in [-0.05, 0) is 24.3 Å². The summed E-state index contributed by atoms with van der Waals surface area (Å²) in [6, 6.07) is 9.26. The highest BCUT2D eigenvalue weighted by atomic mass is 19.4. The molecule has 1 atom stereocenters. The van der Waals surface area contributed by atoms with Crippen LogP contribution in [0, 0.1) is 0 Å². The molecule has 1 aliphatic heterocycles. The second kappa shape index (κ2) is 6.95. The van der Waals surface area contributed by atoms with E-state index in [1.54, 1.807) is 24.3 Å². The van der Waals surface area contributed by atoms with Crippen molar-refractivity contribution in [1.29, 1.82) is 0 Å². The number of halogens is 3. The van der Waals surface area contributed by atoms with Crippen LogP contribution in [0.5, 0.6) is 5.75 Å². The predicted molar refractivity (Wildman–Crippen MR) is 88.0 cm³/mol. The van der Waals surface area contributed by atoms with Gasteiger partial charge in [-0.1, -0.05) is 24.3 Å². The van der Waals surface area contributed by atoms with Crippen LogP contribution in [0.3, 0.4) is 0 Å². The molecular weight excluding hydrogens is 351 g/mol. The third kappa shape index (κ3) is 3.88. The van der Waals surface area contributed by atoms with Crippen molar-refractivity contribution in [2.75, 3.05) is 17.2 Å². The number of para-hydroxylation sites is 3. The van der Waals surface area contributed by atoms with E-state index in [1.807, 2.05) is 0 Å². The van der Waals surface area contributed by atoms with E-state index in [4.69, 9.17) is 4.74 Å². The molecule has 0 aliphatic carbocycles. The molecule has 0 saturated heterocycles. The average Bonchev–Trinajstić information content (AvgIpc) is 2.73. The van der Waals surface area contributed by atoms with E-state index in [-0.39, 0.29) is 6.61 Å². The number of anilines is 2. The van der Waals surface area contributed by atoms with Gasteiger partial charge in [-0.15, -0.1) is 0 Å². The van der Waals surface area contributed by atoms with Gasteiger partial charge < -0.3 is 20.7 Å². The number of rotatable bonds is 2. The number of fused-ring (bicyclic) bond motifs is 1. The molecule has 0 radical (unpaired) electrons. The SMILES string of the molecule is O=C(Nc1ccccc1C(F)(F)F)N[C@@H]1COc2ccccc2NC1=O. The predicted octanol–water partition coefficient (Wildman–Crippen LogP) is 3.23. The Morgan fingerprint density at radius 2 is 1.81 bits per heavy atom. The van der Waals surface area contributed by atoms with E-state index in [2.05, 4.69) is 16.0 Å². The van der Waals surface area contributed by atoms with Gasteiger partial charge in [0.15, 0.2) is 0 Å². The Kier molecular flexibility index (Phi) is 4.70. The molecule has 0 saturated carbocycles. The van der Waals surface area contributed by atoms with Crippen LogP contribution in [0.2, 0.25) is 0 Å². The second-order valence-electron chi connectivity index (χ2n) is 5.49. The number of carbonyl (C=O) groups is 2. The first-order valence-electron chi connectivity index (χ1n) is 7.61. The number of carbonyl (C=O) groups excluding carboxylic acids is 2. The number of alkyl halides is 3. The van der Waals surface area contributed by atoms with Crippen LogP contribution in [-0.4, -0.2) is 24.6 Å². The number of ether oxygens (including phenoxy) is 1. The van der Waals surface area contributed by atoms with Crippen LogP contribution in [0.15, 0.2) is 48.5 Å². The molecule has 2 aromatic carbocycles. The normalized spacial score (nSPS) is 16.6. The van der Waals surface area contributed by atoms with E-state index in [9.17, 15) is 22.8 Å². The molecule has 26 heavy (non-hydrogen) atoms. The lowest BCUT2D eigenvalue weighted by molar-refractivity contribution is -0.137. The summed E-state index contributed by atoms with van der Waals surface area (Å²) in [7, 11) is 0. The minimum absolute atomic E-state index is 0.156. The number of amides is 3. The maximum Gasteiger partial charge on any atom is 0.418 e. The Bertz CT molecular complexity index is 839. The highest BCUT2D eigenvalue weighted by Gasteiger charge is 2.34. The van der Waals surface area contributed by atoms with Crippen molar-refractivity contribution < 1.29 is 27.5 Å². The number of nitrogens with one attached hydrogen (secondary N) is 3. The first kappa shape index (κ1) is 17.6. The first-order valence-corrected chi connectivity index (χ1v) is 7.61. The van der Waals surface area contributed by atoms with Crippen molar-refractivity contribution in [1.82, 2.24) is 5.32 Å². The Morgan fingerprint density at radius 1 is 1.12 bits per heavy atom. The molecule has 0 aromatic heterocycles. The molecule has 9 heteroatoms. The summed E-state index contributed by atoms with van der Waals surface area (Å²) < 4.78 is 44.4. The van der Waals surface area contributed by atoms with Crippen molar-refractivity contribution >= 4 is 23.3 Å². The lowest BCUT2D eigenvalue weighted by Crippen LogP contribution is -2.48. The molecule has 136 valence electrons. The van der Waals surface area contributed by atoms with Crippen LogP contribution in [0.4, 0.5) is 29.3 Å². The van der Waals surface area contributed by atoms with Crippen LogP contribution >= 0.6 is 0 Å². The minimum atomic E-state index is -4.62. The van der Waals surface area contributed by atoms with E-state index < -0.39 is 35.4 Å². The van der Waals surface area contributed by atoms with Gasteiger partial charge in [0, 0.05) is 0 Å². The zero-order chi connectivity index (χ0) is 18.7. The van der Waals surface area contributed by atoms with Gasteiger partial charge in [0.25, 0.3) is 5.91 Å². The van der Waals surface area contributed by atoms with Crippen molar-refractivity contribution in [3.8, 4) is 5.75 Å². The monoisotopic (exact) mass is 365 g/mol. The van der Waals surface area contributed by atoms with E-state index >= 15 is 0 Å². The number of benzene rings is 2. The summed E-state index contributed by atoms with van der Waals surface area (Å²) in [4.78, 5) is 24.2. The van der Waals surface area contributed by atoms with Gasteiger partial charge in [-0.25, -0.2) is 4.79 Å². The molecule has 1 heterocycles. The average molecular weight is 365 g/mol. The Balaban J connectivity index is 1.69. The van der Waals surface area contributed by atoms with Crippen molar-refractivity contribution in [3.05, 3.63) is 54.1 Å². The fraction of sp³-hybridized carbons (Fsp3) is 0.176. The van der Waals surface area contributed by atoms with Gasteiger partial charge in [0.05, 0.1) is 16.9 Å². The molecule has 3 rings (SSSR count). The van der Waals surface area contributed by atoms with Gasteiger partial charge in [0.1, 0.15) is 18.4 Å². The highest BCUT2D eigenvalue weighted by molar-refractivity contribution is 6.00. The summed E-state index contributed by atoms with van der Waals surface area (Å²) in [5.74, 6) is -0.0952. The third-order valence-electron chi connectivity index (χ3n) is 3.65. The molecule has 2 aromatic rings. The van der Waals surface area contributed by atoms with Crippen LogP contribution in [0.1, 0.15) is 5.56 Å². The minimum Gasteiger partial charge on any atom is -0.489 e. The van der Waals surface area contributed by atoms with E-state index in [0.717, 1.165) is 12.1 Å². The number of hydrogen-bond acceptors (Lipinski definition) is 3.